The zero-order valence-corrected chi connectivity index (χ0v) is 9.19. The second kappa shape index (κ2) is 4.39. The SMILES string of the molecule is COc1cccc([C@H](N)[C@H](O)C2CC2)c1F. The maximum atomic E-state index is 13.9. The Morgan fingerprint density at radius 3 is 2.75 bits per heavy atom. The van der Waals surface area contributed by atoms with E-state index in [2.05, 4.69) is 0 Å². The summed E-state index contributed by atoms with van der Waals surface area (Å²) in [6.07, 6.45) is 1.28. The first-order valence-electron chi connectivity index (χ1n) is 5.41. The lowest BCUT2D eigenvalue weighted by Gasteiger charge is -2.20. The van der Waals surface area contributed by atoms with Crippen LogP contribution in [0, 0.1) is 11.7 Å². The second-order valence-corrected chi connectivity index (χ2v) is 4.22. The quantitative estimate of drug-likeness (QED) is 0.818. The molecule has 1 aromatic carbocycles. The topological polar surface area (TPSA) is 55.5 Å². The standard InChI is InChI=1S/C12H16FNO2/c1-16-9-4-2-3-8(10(9)13)11(14)12(15)7-5-6-7/h2-4,7,11-12,15H,5-6,14H2,1H3/t11-,12+/m0/s1. The van der Waals surface area contributed by atoms with Gasteiger partial charge < -0.3 is 15.6 Å². The van der Waals surface area contributed by atoms with Gasteiger partial charge >= 0.3 is 0 Å². The summed E-state index contributed by atoms with van der Waals surface area (Å²) in [5, 5.41) is 9.87. The monoisotopic (exact) mass is 225 g/mol. The molecule has 1 aromatic rings. The molecule has 88 valence electrons. The number of hydrogen-bond acceptors (Lipinski definition) is 3. The first kappa shape index (κ1) is 11.4. The van der Waals surface area contributed by atoms with Crippen molar-refractivity contribution in [1.82, 2.24) is 0 Å². The van der Waals surface area contributed by atoms with E-state index in [0.717, 1.165) is 12.8 Å². The van der Waals surface area contributed by atoms with Crippen molar-refractivity contribution in [2.24, 2.45) is 11.7 Å². The fourth-order valence-electron chi connectivity index (χ4n) is 1.86. The Morgan fingerprint density at radius 2 is 2.19 bits per heavy atom. The molecule has 0 saturated heterocycles. The van der Waals surface area contributed by atoms with Gasteiger partial charge in [0.15, 0.2) is 11.6 Å². The first-order chi connectivity index (χ1) is 7.65. The van der Waals surface area contributed by atoms with E-state index in [1.165, 1.54) is 13.2 Å². The number of rotatable bonds is 4. The van der Waals surface area contributed by atoms with Crippen LogP contribution in [0.3, 0.4) is 0 Å². The summed E-state index contributed by atoms with van der Waals surface area (Å²) >= 11 is 0. The number of aliphatic hydroxyl groups excluding tert-OH is 1. The zero-order chi connectivity index (χ0) is 11.7. The van der Waals surface area contributed by atoms with Gasteiger partial charge in [0.2, 0.25) is 0 Å². The maximum absolute atomic E-state index is 13.9. The molecule has 0 bridgehead atoms. The van der Waals surface area contributed by atoms with Crippen molar-refractivity contribution < 1.29 is 14.2 Å². The maximum Gasteiger partial charge on any atom is 0.169 e. The van der Waals surface area contributed by atoms with Crippen LogP contribution in [0.5, 0.6) is 5.75 Å². The Labute approximate surface area is 94.0 Å². The number of halogens is 1. The molecule has 3 N–H and O–H groups in total. The van der Waals surface area contributed by atoms with Crippen LogP contribution in [-0.2, 0) is 0 Å². The van der Waals surface area contributed by atoms with Gasteiger partial charge in [-0.2, -0.15) is 0 Å². The van der Waals surface area contributed by atoms with E-state index in [0.29, 0.717) is 5.56 Å². The minimum absolute atomic E-state index is 0.163. The van der Waals surface area contributed by atoms with Gasteiger partial charge in [-0.05, 0) is 24.8 Å². The molecule has 0 amide bonds. The molecule has 0 heterocycles. The molecule has 2 atom stereocenters. The Kier molecular flexibility index (Phi) is 3.12. The second-order valence-electron chi connectivity index (χ2n) is 4.22. The molecule has 0 aliphatic heterocycles. The molecule has 1 fully saturated rings. The van der Waals surface area contributed by atoms with Gasteiger partial charge in [0.05, 0.1) is 19.3 Å². The highest BCUT2D eigenvalue weighted by molar-refractivity contribution is 5.33. The molecule has 0 aromatic heterocycles. The molecule has 1 aliphatic rings. The van der Waals surface area contributed by atoms with E-state index in [9.17, 15) is 9.50 Å². The van der Waals surface area contributed by atoms with Crippen LogP contribution >= 0.6 is 0 Å². The molecule has 0 unspecified atom stereocenters. The van der Waals surface area contributed by atoms with Crippen molar-refractivity contribution in [2.75, 3.05) is 7.11 Å². The van der Waals surface area contributed by atoms with Crippen LogP contribution in [-0.4, -0.2) is 18.3 Å². The third-order valence-electron chi connectivity index (χ3n) is 3.05. The summed E-state index contributed by atoms with van der Waals surface area (Å²) in [5.41, 5.74) is 6.18. The summed E-state index contributed by atoms with van der Waals surface area (Å²) in [7, 11) is 1.41. The highest BCUT2D eigenvalue weighted by Gasteiger charge is 2.35. The van der Waals surface area contributed by atoms with Crippen molar-refractivity contribution in [1.29, 1.82) is 0 Å². The van der Waals surface area contributed by atoms with Crippen LogP contribution in [0.4, 0.5) is 4.39 Å². The fraction of sp³-hybridized carbons (Fsp3) is 0.500. The van der Waals surface area contributed by atoms with E-state index >= 15 is 0 Å². The van der Waals surface area contributed by atoms with Gasteiger partial charge in [-0.1, -0.05) is 12.1 Å². The Morgan fingerprint density at radius 1 is 1.50 bits per heavy atom. The fourth-order valence-corrected chi connectivity index (χ4v) is 1.86. The van der Waals surface area contributed by atoms with E-state index in [1.54, 1.807) is 12.1 Å². The summed E-state index contributed by atoms with van der Waals surface area (Å²) in [6, 6.07) is 4.13. The minimum atomic E-state index is -0.678. The molecule has 0 radical (unpaired) electrons. The molecule has 4 heteroatoms. The van der Waals surface area contributed by atoms with Crippen LogP contribution in [0.15, 0.2) is 18.2 Å². The Hall–Kier alpha value is -1.13. The lowest BCUT2D eigenvalue weighted by Crippen LogP contribution is -2.28. The number of hydrogen-bond donors (Lipinski definition) is 2. The smallest absolute Gasteiger partial charge is 0.169 e. The average Bonchev–Trinajstić information content (AvgIpc) is 3.11. The molecule has 2 rings (SSSR count). The van der Waals surface area contributed by atoms with E-state index in [4.69, 9.17) is 10.5 Å². The van der Waals surface area contributed by atoms with Gasteiger partial charge in [0.25, 0.3) is 0 Å². The van der Waals surface area contributed by atoms with Crippen LogP contribution in [0.25, 0.3) is 0 Å². The normalized spacial score (nSPS) is 19.2. The third kappa shape index (κ3) is 2.03. The molecular weight excluding hydrogens is 209 g/mol. The van der Waals surface area contributed by atoms with Crippen LogP contribution < -0.4 is 10.5 Å². The van der Waals surface area contributed by atoms with Gasteiger partial charge in [0, 0.05) is 5.56 Å². The van der Waals surface area contributed by atoms with Crippen molar-refractivity contribution in [2.45, 2.75) is 25.0 Å². The van der Waals surface area contributed by atoms with Gasteiger partial charge in [-0.15, -0.1) is 0 Å². The number of benzene rings is 1. The van der Waals surface area contributed by atoms with E-state index in [1.807, 2.05) is 0 Å². The largest absolute Gasteiger partial charge is 0.494 e. The molecule has 1 saturated carbocycles. The predicted octanol–water partition coefficient (Wildman–Crippen LogP) is 1.60. The highest BCUT2D eigenvalue weighted by Crippen LogP contribution is 2.38. The summed E-state index contributed by atoms with van der Waals surface area (Å²) in [6.45, 7) is 0. The molecule has 1 aliphatic carbocycles. The number of ether oxygens (including phenoxy) is 1. The summed E-state index contributed by atoms with van der Waals surface area (Å²) in [5.74, 6) is -0.0891. The molecule has 16 heavy (non-hydrogen) atoms. The predicted molar refractivity (Wildman–Crippen MR) is 58.6 cm³/mol. The summed E-state index contributed by atoms with van der Waals surface area (Å²) in [4.78, 5) is 0. The van der Waals surface area contributed by atoms with Gasteiger partial charge in [-0.3, -0.25) is 0 Å². The first-order valence-corrected chi connectivity index (χ1v) is 5.41. The average molecular weight is 225 g/mol. The molecule has 0 spiro atoms. The van der Waals surface area contributed by atoms with Crippen molar-refractivity contribution in [3.8, 4) is 5.75 Å². The van der Waals surface area contributed by atoms with E-state index < -0.39 is 18.0 Å². The lowest BCUT2D eigenvalue weighted by molar-refractivity contribution is 0.120. The Bertz CT molecular complexity index is 379. The molecule has 3 nitrogen and oxygen atoms in total. The van der Waals surface area contributed by atoms with Crippen LogP contribution in [0.1, 0.15) is 24.4 Å². The number of methoxy groups -OCH3 is 1. The molecular formula is C12H16FNO2. The lowest BCUT2D eigenvalue weighted by atomic mass is 9.98. The third-order valence-corrected chi connectivity index (χ3v) is 3.05. The van der Waals surface area contributed by atoms with Crippen LogP contribution in [0.2, 0.25) is 0 Å². The zero-order valence-electron chi connectivity index (χ0n) is 9.19. The Balaban J connectivity index is 2.24. The number of nitrogens with two attached hydrogens (primary N) is 1. The highest BCUT2D eigenvalue weighted by atomic mass is 19.1. The van der Waals surface area contributed by atoms with Crippen molar-refractivity contribution >= 4 is 0 Å². The minimum Gasteiger partial charge on any atom is -0.494 e. The number of aliphatic hydroxyl groups is 1. The summed E-state index contributed by atoms with van der Waals surface area (Å²) < 4.78 is 18.7. The van der Waals surface area contributed by atoms with E-state index in [-0.39, 0.29) is 11.7 Å². The van der Waals surface area contributed by atoms with Crippen molar-refractivity contribution in [3.05, 3.63) is 29.6 Å². The van der Waals surface area contributed by atoms with Gasteiger partial charge in [-0.25, -0.2) is 4.39 Å². The van der Waals surface area contributed by atoms with Crippen molar-refractivity contribution in [3.63, 3.8) is 0 Å². The van der Waals surface area contributed by atoms with Gasteiger partial charge in [0.1, 0.15) is 0 Å².